The predicted molar refractivity (Wildman–Crippen MR) is 78.0 cm³/mol. The third kappa shape index (κ3) is 2.94. The quantitative estimate of drug-likeness (QED) is 0.920. The number of rotatable bonds is 3. The van der Waals surface area contributed by atoms with Crippen LogP contribution in [0.4, 0.5) is 0 Å². The van der Waals surface area contributed by atoms with E-state index in [0.717, 1.165) is 12.8 Å². The topological polar surface area (TPSA) is 75.4 Å². The first kappa shape index (κ1) is 15.5. The molecule has 2 heterocycles. The number of carbonyl (C=O) groups is 2. The Morgan fingerprint density at radius 3 is 2.62 bits per heavy atom. The summed E-state index contributed by atoms with van der Waals surface area (Å²) in [5.74, 6) is -0.879. The van der Waals surface area contributed by atoms with Crippen LogP contribution in [0, 0.1) is 18.3 Å². The zero-order valence-electron chi connectivity index (χ0n) is 13.1. The van der Waals surface area contributed by atoms with Crippen molar-refractivity contribution < 1.29 is 14.7 Å². The van der Waals surface area contributed by atoms with Crippen molar-refractivity contribution in [2.75, 3.05) is 13.1 Å². The number of amides is 1. The van der Waals surface area contributed by atoms with Crippen LogP contribution in [-0.4, -0.2) is 44.8 Å². The van der Waals surface area contributed by atoms with Crippen LogP contribution in [0.3, 0.4) is 0 Å². The standard InChI is InChI=1S/C15H23N3O3/c1-10-12(9-17(4)16-10)13(19)18-7-5-6-11(8-18)15(2,3)14(20)21/h9,11H,5-8H2,1-4H3,(H,20,21). The van der Waals surface area contributed by atoms with Crippen molar-refractivity contribution in [1.82, 2.24) is 14.7 Å². The Hall–Kier alpha value is -1.85. The number of carbonyl (C=O) groups excluding carboxylic acids is 1. The fourth-order valence-corrected chi connectivity index (χ4v) is 2.91. The molecule has 1 N–H and O–H groups in total. The highest BCUT2D eigenvalue weighted by atomic mass is 16.4. The lowest BCUT2D eigenvalue weighted by molar-refractivity contribution is -0.151. The lowest BCUT2D eigenvalue weighted by atomic mass is 9.74. The second-order valence-corrected chi connectivity index (χ2v) is 6.42. The minimum absolute atomic E-state index is 0.0234. The summed E-state index contributed by atoms with van der Waals surface area (Å²) in [7, 11) is 1.79. The van der Waals surface area contributed by atoms with E-state index < -0.39 is 11.4 Å². The van der Waals surface area contributed by atoms with E-state index in [2.05, 4.69) is 5.10 Å². The average Bonchev–Trinajstić information content (AvgIpc) is 2.76. The molecule has 6 nitrogen and oxygen atoms in total. The normalized spacial score (nSPS) is 19.6. The molecule has 116 valence electrons. The minimum Gasteiger partial charge on any atom is -0.481 e. The molecule has 1 fully saturated rings. The second-order valence-electron chi connectivity index (χ2n) is 6.42. The number of aliphatic carboxylic acids is 1. The molecule has 6 heteroatoms. The molecular weight excluding hydrogens is 270 g/mol. The van der Waals surface area contributed by atoms with Gasteiger partial charge in [0.05, 0.1) is 16.7 Å². The number of hydrogen-bond donors (Lipinski definition) is 1. The molecule has 0 radical (unpaired) electrons. The van der Waals surface area contributed by atoms with Gasteiger partial charge in [-0.1, -0.05) is 0 Å². The first-order chi connectivity index (χ1) is 9.73. The SMILES string of the molecule is Cc1nn(C)cc1C(=O)N1CCCC(C(C)(C)C(=O)O)C1. The Morgan fingerprint density at radius 2 is 2.10 bits per heavy atom. The maximum absolute atomic E-state index is 12.6. The first-order valence-corrected chi connectivity index (χ1v) is 7.26. The molecule has 1 atom stereocenters. The fourth-order valence-electron chi connectivity index (χ4n) is 2.91. The van der Waals surface area contributed by atoms with Crippen molar-refractivity contribution in [3.05, 3.63) is 17.5 Å². The molecule has 1 saturated heterocycles. The highest BCUT2D eigenvalue weighted by Gasteiger charge is 2.40. The van der Waals surface area contributed by atoms with Crippen molar-refractivity contribution in [2.45, 2.75) is 33.6 Å². The van der Waals surface area contributed by atoms with Gasteiger partial charge in [0.2, 0.25) is 0 Å². The monoisotopic (exact) mass is 293 g/mol. The second kappa shape index (κ2) is 5.50. The number of likely N-dealkylation sites (tertiary alicyclic amines) is 1. The molecule has 1 aromatic heterocycles. The Morgan fingerprint density at radius 1 is 1.43 bits per heavy atom. The Balaban J connectivity index is 2.16. The van der Waals surface area contributed by atoms with Crippen LogP contribution >= 0.6 is 0 Å². The summed E-state index contributed by atoms with van der Waals surface area (Å²) in [4.78, 5) is 25.8. The molecule has 1 amide bonds. The molecule has 21 heavy (non-hydrogen) atoms. The lowest BCUT2D eigenvalue weighted by Crippen LogP contribution is -2.46. The van der Waals surface area contributed by atoms with Gasteiger partial charge < -0.3 is 10.0 Å². The van der Waals surface area contributed by atoms with Crippen LogP contribution in [0.1, 0.15) is 42.7 Å². The molecule has 1 aliphatic rings. The summed E-state index contributed by atoms with van der Waals surface area (Å²) in [6.45, 7) is 6.47. The smallest absolute Gasteiger partial charge is 0.309 e. The molecular formula is C15H23N3O3. The van der Waals surface area contributed by atoms with Gasteiger partial charge in [0.25, 0.3) is 5.91 Å². The van der Waals surface area contributed by atoms with E-state index in [0.29, 0.717) is 24.3 Å². The Labute approximate surface area is 124 Å². The molecule has 0 aliphatic carbocycles. The summed E-state index contributed by atoms with van der Waals surface area (Å²) in [6, 6.07) is 0. The van der Waals surface area contributed by atoms with Crippen molar-refractivity contribution in [3.63, 3.8) is 0 Å². The first-order valence-electron chi connectivity index (χ1n) is 7.26. The van der Waals surface area contributed by atoms with Crippen LogP contribution in [-0.2, 0) is 11.8 Å². The predicted octanol–water partition coefficient (Wildman–Crippen LogP) is 1.69. The maximum atomic E-state index is 12.6. The Kier molecular flexibility index (Phi) is 4.07. The molecule has 0 aromatic carbocycles. The van der Waals surface area contributed by atoms with Crippen LogP contribution in [0.25, 0.3) is 0 Å². The average molecular weight is 293 g/mol. The van der Waals surface area contributed by atoms with Gasteiger partial charge in [-0.15, -0.1) is 0 Å². The summed E-state index contributed by atoms with van der Waals surface area (Å²) in [5.41, 5.74) is 0.497. The van der Waals surface area contributed by atoms with Gasteiger partial charge in [-0.3, -0.25) is 14.3 Å². The van der Waals surface area contributed by atoms with E-state index >= 15 is 0 Å². The molecule has 0 saturated carbocycles. The highest BCUT2D eigenvalue weighted by Crippen LogP contribution is 2.34. The van der Waals surface area contributed by atoms with Crippen LogP contribution in [0.15, 0.2) is 6.20 Å². The molecule has 1 aromatic rings. The molecule has 1 unspecified atom stereocenters. The van der Waals surface area contributed by atoms with Gasteiger partial charge in [0.15, 0.2) is 0 Å². The number of carboxylic acid groups (broad SMARTS) is 1. The van der Waals surface area contributed by atoms with E-state index in [4.69, 9.17) is 0 Å². The fraction of sp³-hybridized carbons (Fsp3) is 0.667. The zero-order valence-corrected chi connectivity index (χ0v) is 13.1. The van der Waals surface area contributed by atoms with E-state index in [-0.39, 0.29) is 11.8 Å². The number of nitrogens with zero attached hydrogens (tertiary/aromatic N) is 3. The number of piperidine rings is 1. The minimum atomic E-state index is -0.817. The van der Waals surface area contributed by atoms with Gasteiger partial charge >= 0.3 is 5.97 Å². The molecule has 1 aliphatic heterocycles. The van der Waals surface area contributed by atoms with Crippen molar-refractivity contribution >= 4 is 11.9 Å². The summed E-state index contributed by atoms with van der Waals surface area (Å²) < 4.78 is 1.63. The Bertz CT molecular complexity index is 563. The van der Waals surface area contributed by atoms with Gasteiger partial charge in [0, 0.05) is 26.3 Å². The van der Waals surface area contributed by atoms with Crippen molar-refractivity contribution in [1.29, 1.82) is 0 Å². The summed E-state index contributed by atoms with van der Waals surface area (Å²) >= 11 is 0. The largest absolute Gasteiger partial charge is 0.481 e. The third-order valence-corrected chi connectivity index (χ3v) is 4.52. The van der Waals surface area contributed by atoms with Gasteiger partial charge in [0.1, 0.15) is 0 Å². The summed E-state index contributed by atoms with van der Waals surface area (Å²) in [6.07, 6.45) is 3.41. The molecule has 2 rings (SSSR count). The highest BCUT2D eigenvalue weighted by molar-refractivity contribution is 5.95. The van der Waals surface area contributed by atoms with Crippen molar-refractivity contribution in [3.8, 4) is 0 Å². The third-order valence-electron chi connectivity index (χ3n) is 4.52. The van der Waals surface area contributed by atoms with Crippen LogP contribution in [0.2, 0.25) is 0 Å². The van der Waals surface area contributed by atoms with Crippen LogP contribution < -0.4 is 0 Å². The van der Waals surface area contributed by atoms with E-state index in [1.807, 2.05) is 6.92 Å². The van der Waals surface area contributed by atoms with Crippen molar-refractivity contribution in [2.24, 2.45) is 18.4 Å². The van der Waals surface area contributed by atoms with Gasteiger partial charge in [-0.25, -0.2) is 0 Å². The van der Waals surface area contributed by atoms with E-state index in [9.17, 15) is 14.7 Å². The number of aryl methyl sites for hydroxylation is 2. The number of aromatic nitrogens is 2. The molecule has 0 spiro atoms. The number of hydrogen-bond acceptors (Lipinski definition) is 3. The van der Waals surface area contributed by atoms with Crippen LogP contribution in [0.5, 0.6) is 0 Å². The number of carboxylic acids is 1. The summed E-state index contributed by atoms with van der Waals surface area (Å²) in [5, 5.41) is 13.6. The van der Waals surface area contributed by atoms with Gasteiger partial charge in [-0.2, -0.15) is 5.10 Å². The lowest BCUT2D eigenvalue weighted by Gasteiger charge is -2.39. The maximum Gasteiger partial charge on any atom is 0.309 e. The van der Waals surface area contributed by atoms with E-state index in [1.54, 1.807) is 36.7 Å². The van der Waals surface area contributed by atoms with E-state index in [1.165, 1.54) is 0 Å². The zero-order chi connectivity index (χ0) is 15.8. The van der Waals surface area contributed by atoms with Gasteiger partial charge in [-0.05, 0) is 39.5 Å². The molecule has 0 bridgehead atoms.